The van der Waals surface area contributed by atoms with Crippen molar-refractivity contribution in [2.75, 3.05) is 5.01 Å². The van der Waals surface area contributed by atoms with Crippen molar-refractivity contribution in [3.05, 3.63) is 29.8 Å². The zero-order chi connectivity index (χ0) is 13.2. The first-order chi connectivity index (χ1) is 9.29. The number of rotatable bonds is 1. The van der Waals surface area contributed by atoms with Crippen LogP contribution in [0.5, 0.6) is 0 Å². The molecule has 1 amide bonds. The fourth-order valence-corrected chi connectivity index (χ4v) is 2.78. The average molecular weight is 253 g/mol. The number of carbonyl (C=O) groups is 1. The molecule has 96 valence electrons. The Morgan fingerprint density at radius 2 is 2.21 bits per heavy atom. The third kappa shape index (κ3) is 2.12. The summed E-state index contributed by atoms with van der Waals surface area (Å²) in [6, 6.07) is 9.15. The predicted molar refractivity (Wildman–Crippen MR) is 72.7 cm³/mol. The second kappa shape index (κ2) is 4.85. The summed E-state index contributed by atoms with van der Waals surface area (Å²) in [5, 5.41) is 14.9. The second-order valence-electron chi connectivity index (χ2n) is 5.06. The summed E-state index contributed by atoms with van der Waals surface area (Å²) >= 11 is 0. The molecule has 0 N–H and O–H groups in total. The van der Waals surface area contributed by atoms with Crippen LogP contribution in [0.4, 0.5) is 5.69 Å². The standard InChI is InChI=1S/C15H15N3O/c16-10-11-5-4-6-12(9-11)18-15(19)13-7-2-1-3-8-14(13)17-18/h4-6,9,13H,1-3,7-8H2. The number of hydrogen-bond acceptors (Lipinski definition) is 3. The number of nitrogens with zero attached hydrogens (tertiary/aromatic N) is 3. The van der Waals surface area contributed by atoms with Gasteiger partial charge in [-0.3, -0.25) is 4.79 Å². The maximum absolute atomic E-state index is 12.4. The maximum atomic E-state index is 12.4. The monoisotopic (exact) mass is 253 g/mol. The minimum atomic E-state index is -0.0340. The molecule has 3 rings (SSSR count). The normalized spacial score (nSPS) is 22.5. The number of hydrazone groups is 1. The lowest BCUT2D eigenvalue weighted by Gasteiger charge is -2.14. The Hall–Kier alpha value is -2.15. The van der Waals surface area contributed by atoms with Crippen LogP contribution in [-0.2, 0) is 4.79 Å². The number of benzene rings is 1. The molecule has 1 heterocycles. The van der Waals surface area contributed by atoms with Gasteiger partial charge in [0.25, 0.3) is 5.91 Å². The first-order valence-electron chi connectivity index (χ1n) is 6.71. The second-order valence-corrected chi connectivity index (χ2v) is 5.06. The molecule has 0 aromatic heterocycles. The molecule has 1 saturated carbocycles. The van der Waals surface area contributed by atoms with Crippen LogP contribution in [0.3, 0.4) is 0 Å². The SMILES string of the molecule is N#Cc1cccc(N2N=C3CCCCCC3C2=O)c1. The van der Waals surface area contributed by atoms with Crippen molar-refractivity contribution < 1.29 is 4.79 Å². The van der Waals surface area contributed by atoms with Crippen molar-refractivity contribution in [1.82, 2.24) is 0 Å². The van der Waals surface area contributed by atoms with Crippen LogP contribution < -0.4 is 5.01 Å². The van der Waals surface area contributed by atoms with Crippen molar-refractivity contribution in [3.8, 4) is 6.07 Å². The summed E-state index contributed by atoms with van der Waals surface area (Å²) in [5.74, 6) is 0.0280. The van der Waals surface area contributed by atoms with E-state index >= 15 is 0 Å². The van der Waals surface area contributed by atoms with Crippen molar-refractivity contribution in [1.29, 1.82) is 5.26 Å². The molecule has 1 aliphatic heterocycles. The van der Waals surface area contributed by atoms with Gasteiger partial charge < -0.3 is 0 Å². The van der Waals surface area contributed by atoms with Crippen LogP contribution >= 0.6 is 0 Å². The fraction of sp³-hybridized carbons (Fsp3) is 0.400. The van der Waals surface area contributed by atoms with Crippen LogP contribution in [0, 0.1) is 17.2 Å². The van der Waals surface area contributed by atoms with Gasteiger partial charge in [0.2, 0.25) is 0 Å². The zero-order valence-corrected chi connectivity index (χ0v) is 10.7. The third-order valence-electron chi connectivity index (χ3n) is 3.78. The van der Waals surface area contributed by atoms with E-state index in [4.69, 9.17) is 5.26 Å². The molecule has 1 fully saturated rings. The quantitative estimate of drug-likeness (QED) is 0.772. The first kappa shape index (κ1) is 11.9. The van der Waals surface area contributed by atoms with E-state index in [9.17, 15) is 4.79 Å². The molecule has 4 heteroatoms. The van der Waals surface area contributed by atoms with E-state index in [0.29, 0.717) is 11.3 Å². The van der Waals surface area contributed by atoms with Gasteiger partial charge in [-0.05, 0) is 37.5 Å². The average Bonchev–Trinajstić information content (AvgIpc) is 2.64. The molecule has 0 spiro atoms. The van der Waals surface area contributed by atoms with E-state index in [1.165, 1.54) is 11.4 Å². The highest BCUT2D eigenvalue weighted by Crippen LogP contribution is 2.31. The molecule has 1 atom stereocenters. The predicted octanol–water partition coefficient (Wildman–Crippen LogP) is 2.84. The highest BCUT2D eigenvalue weighted by Gasteiger charge is 2.36. The topological polar surface area (TPSA) is 56.5 Å². The molecule has 0 bridgehead atoms. The van der Waals surface area contributed by atoms with Gasteiger partial charge in [0.05, 0.1) is 28.9 Å². The van der Waals surface area contributed by atoms with Gasteiger partial charge in [-0.2, -0.15) is 10.4 Å². The Morgan fingerprint density at radius 1 is 1.32 bits per heavy atom. The number of carbonyl (C=O) groups excluding carboxylic acids is 1. The van der Waals surface area contributed by atoms with Crippen molar-refractivity contribution in [2.45, 2.75) is 32.1 Å². The van der Waals surface area contributed by atoms with Crippen molar-refractivity contribution in [2.24, 2.45) is 11.0 Å². The Morgan fingerprint density at radius 3 is 3.05 bits per heavy atom. The van der Waals surface area contributed by atoms with E-state index in [1.807, 2.05) is 6.07 Å². The number of anilines is 1. The molecular weight excluding hydrogens is 238 g/mol. The Labute approximate surface area is 112 Å². The number of fused-ring (bicyclic) bond motifs is 1. The molecule has 0 saturated heterocycles. The summed E-state index contributed by atoms with van der Waals surface area (Å²) in [6.07, 6.45) is 5.24. The lowest BCUT2D eigenvalue weighted by Crippen LogP contribution is -2.27. The maximum Gasteiger partial charge on any atom is 0.256 e. The zero-order valence-electron chi connectivity index (χ0n) is 10.7. The van der Waals surface area contributed by atoms with Crippen LogP contribution in [0.1, 0.15) is 37.7 Å². The number of amides is 1. The van der Waals surface area contributed by atoms with Gasteiger partial charge in [0.15, 0.2) is 0 Å². The van der Waals surface area contributed by atoms with Crippen LogP contribution in [0.2, 0.25) is 0 Å². The van der Waals surface area contributed by atoms with E-state index in [2.05, 4.69) is 11.2 Å². The Balaban J connectivity index is 1.93. The van der Waals surface area contributed by atoms with Gasteiger partial charge in [-0.25, -0.2) is 5.01 Å². The Kier molecular flexibility index (Phi) is 3.04. The van der Waals surface area contributed by atoms with E-state index in [-0.39, 0.29) is 11.8 Å². The van der Waals surface area contributed by atoms with Gasteiger partial charge in [-0.15, -0.1) is 0 Å². The molecular formula is C15H15N3O. The molecule has 2 aliphatic rings. The van der Waals surface area contributed by atoms with Gasteiger partial charge in [0, 0.05) is 0 Å². The summed E-state index contributed by atoms with van der Waals surface area (Å²) in [7, 11) is 0. The number of nitriles is 1. The molecule has 0 radical (unpaired) electrons. The molecule has 19 heavy (non-hydrogen) atoms. The highest BCUT2D eigenvalue weighted by atomic mass is 16.2. The minimum absolute atomic E-state index is 0.0340. The van der Waals surface area contributed by atoms with Gasteiger partial charge in [0.1, 0.15) is 0 Å². The van der Waals surface area contributed by atoms with Gasteiger partial charge >= 0.3 is 0 Å². The van der Waals surface area contributed by atoms with E-state index in [1.54, 1.807) is 18.2 Å². The molecule has 1 aromatic rings. The molecule has 1 unspecified atom stereocenters. The minimum Gasteiger partial charge on any atom is -0.272 e. The third-order valence-corrected chi connectivity index (χ3v) is 3.78. The molecule has 1 aliphatic carbocycles. The molecule has 1 aromatic carbocycles. The van der Waals surface area contributed by atoms with Crippen LogP contribution in [0.25, 0.3) is 0 Å². The van der Waals surface area contributed by atoms with Crippen molar-refractivity contribution in [3.63, 3.8) is 0 Å². The lowest BCUT2D eigenvalue weighted by molar-refractivity contribution is -0.119. The summed E-state index contributed by atoms with van der Waals surface area (Å²) in [5.41, 5.74) is 2.27. The largest absolute Gasteiger partial charge is 0.272 e. The van der Waals surface area contributed by atoms with Crippen molar-refractivity contribution >= 4 is 17.3 Å². The Bertz CT molecular complexity index is 585. The van der Waals surface area contributed by atoms with E-state index < -0.39 is 0 Å². The smallest absolute Gasteiger partial charge is 0.256 e. The first-order valence-corrected chi connectivity index (χ1v) is 6.71. The fourth-order valence-electron chi connectivity index (χ4n) is 2.78. The lowest BCUT2D eigenvalue weighted by atomic mass is 9.98. The summed E-state index contributed by atoms with van der Waals surface area (Å²) in [6.45, 7) is 0. The van der Waals surface area contributed by atoms with Crippen LogP contribution in [-0.4, -0.2) is 11.6 Å². The molecule has 4 nitrogen and oxygen atoms in total. The van der Waals surface area contributed by atoms with E-state index in [0.717, 1.165) is 31.4 Å². The van der Waals surface area contributed by atoms with Gasteiger partial charge in [-0.1, -0.05) is 18.9 Å². The number of hydrogen-bond donors (Lipinski definition) is 0. The summed E-state index contributed by atoms with van der Waals surface area (Å²) < 4.78 is 0. The van der Waals surface area contributed by atoms with Crippen LogP contribution in [0.15, 0.2) is 29.4 Å². The summed E-state index contributed by atoms with van der Waals surface area (Å²) in [4.78, 5) is 12.4. The highest BCUT2D eigenvalue weighted by molar-refractivity contribution is 6.15.